The van der Waals surface area contributed by atoms with Gasteiger partial charge in [-0.05, 0) is 24.1 Å². The second-order valence-corrected chi connectivity index (χ2v) is 6.06. The Bertz CT molecular complexity index is 530. The average molecular weight is 278 g/mol. The quantitative estimate of drug-likeness (QED) is 0.810. The number of carboxylic acids is 1. The number of nitrogen functional groups attached to an aromatic ring is 1. The summed E-state index contributed by atoms with van der Waals surface area (Å²) in [5.41, 5.74) is 6.32. The zero-order valence-corrected chi connectivity index (χ0v) is 10.7. The smallest absolute Gasteiger partial charge is 0.303 e. The number of carboxylic acid groups (broad SMARTS) is 1. The molecule has 0 aliphatic heterocycles. The number of aliphatic carboxylic acids is 1. The number of sulfone groups is 1. The number of anilines is 1. The molecular weight excluding hydrogens is 266 g/mol. The van der Waals surface area contributed by atoms with E-state index in [4.69, 9.17) is 22.4 Å². The van der Waals surface area contributed by atoms with Crippen molar-refractivity contribution in [3.05, 3.63) is 22.7 Å². The molecule has 0 saturated carbocycles. The predicted molar refractivity (Wildman–Crippen MR) is 64.9 cm³/mol. The second kappa shape index (κ2) is 4.93. The standard InChI is InChI=1S/C10H12ClNO4S/c1-17(15,16)6-4-8(11)7(9(12)5-6)2-3-10(13)14/h4-5H,2-3,12H2,1H3,(H,13,14). The zero-order chi connectivity index (χ0) is 13.2. The Labute approximate surface area is 104 Å². The Balaban J connectivity index is 3.15. The first kappa shape index (κ1) is 13.8. The van der Waals surface area contributed by atoms with Gasteiger partial charge in [0.1, 0.15) is 0 Å². The topological polar surface area (TPSA) is 97.5 Å². The first-order valence-electron chi connectivity index (χ1n) is 4.71. The van der Waals surface area contributed by atoms with Gasteiger partial charge >= 0.3 is 5.97 Å². The van der Waals surface area contributed by atoms with E-state index >= 15 is 0 Å². The van der Waals surface area contributed by atoms with Crippen molar-refractivity contribution < 1.29 is 18.3 Å². The largest absolute Gasteiger partial charge is 0.481 e. The molecule has 0 aromatic heterocycles. The third-order valence-corrected chi connectivity index (χ3v) is 3.65. The maximum Gasteiger partial charge on any atom is 0.303 e. The van der Waals surface area contributed by atoms with Crippen LogP contribution in [0.1, 0.15) is 12.0 Å². The van der Waals surface area contributed by atoms with Crippen LogP contribution < -0.4 is 5.73 Å². The summed E-state index contributed by atoms with van der Waals surface area (Å²) in [7, 11) is -3.38. The third kappa shape index (κ3) is 3.61. The lowest BCUT2D eigenvalue weighted by molar-refractivity contribution is -0.136. The third-order valence-electron chi connectivity index (χ3n) is 2.22. The minimum atomic E-state index is -3.38. The molecule has 0 aliphatic rings. The highest BCUT2D eigenvalue weighted by Gasteiger charge is 2.14. The summed E-state index contributed by atoms with van der Waals surface area (Å²) in [5, 5.41) is 8.73. The van der Waals surface area contributed by atoms with Crippen molar-refractivity contribution in [3.8, 4) is 0 Å². The molecule has 5 nitrogen and oxygen atoms in total. The van der Waals surface area contributed by atoms with Crippen LogP contribution in [0.15, 0.2) is 17.0 Å². The number of halogens is 1. The van der Waals surface area contributed by atoms with Gasteiger partial charge in [0.15, 0.2) is 9.84 Å². The Morgan fingerprint density at radius 3 is 2.47 bits per heavy atom. The fourth-order valence-electron chi connectivity index (χ4n) is 1.34. The van der Waals surface area contributed by atoms with Crippen LogP contribution >= 0.6 is 11.6 Å². The molecule has 1 aromatic carbocycles. The van der Waals surface area contributed by atoms with E-state index in [1.165, 1.54) is 12.1 Å². The highest BCUT2D eigenvalue weighted by Crippen LogP contribution is 2.28. The minimum absolute atomic E-state index is 0.0269. The first-order chi connectivity index (χ1) is 7.71. The van der Waals surface area contributed by atoms with E-state index in [9.17, 15) is 13.2 Å². The lowest BCUT2D eigenvalue weighted by atomic mass is 10.1. The van der Waals surface area contributed by atoms with Gasteiger partial charge in [0, 0.05) is 23.4 Å². The lowest BCUT2D eigenvalue weighted by Crippen LogP contribution is -2.04. The summed E-state index contributed by atoms with van der Waals surface area (Å²) in [4.78, 5) is 10.5. The fraction of sp³-hybridized carbons (Fsp3) is 0.300. The highest BCUT2D eigenvalue weighted by molar-refractivity contribution is 7.90. The number of rotatable bonds is 4. The molecule has 0 heterocycles. The molecule has 0 amide bonds. The van der Waals surface area contributed by atoms with Gasteiger partial charge < -0.3 is 10.8 Å². The summed E-state index contributed by atoms with van der Waals surface area (Å²) in [6, 6.07) is 2.57. The van der Waals surface area contributed by atoms with E-state index < -0.39 is 15.8 Å². The fourth-order valence-corrected chi connectivity index (χ4v) is 2.40. The second-order valence-electron chi connectivity index (χ2n) is 3.64. The van der Waals surface area contributed by atoms with Crippen LogP contribution in [0.4, 0.5) is 5.69 Å². The number of benzene rings is 1. The Morgan fingerprint density at radius 2 is 2.06 bits per heavy atom. The van der Waals surface area contributed by atoms with Gasteiger partial charge in [0.25, 0.3) is 0 Å². The van der Waals surface area contributed by atoms with Gasteiger partial charge in [-0.2, -0.15) is 0 Å². The van der Waals surface area contributed by atoms with Crippen LogP contribution in [-0.4, -0.2) is 25.7 Å². The molecule has 0 aliphatic carbocycles. The molecule has 17 heavy (non-hydrogen) atoms. The van der Waals surface area contributed by atoms with E-state index in [2.05, 4.69) is 0 Å². The minimum Gasteiger partial charge on any atom is -0.481 e. The molecule has 0 saturated heterocycles. The highest BCUT2D eigenvalue weighted by atomic mass is 35.5. The van der Waals surface area contributed by atoms with Gasteiger partial charge in [0.05, 0.1) is 4.90 Å². The molecule has 1 aromatic rings. The Kier molecular flexibility index (Phi) is 4.00. The number of carbonyl (C=O) groups is 1. The van der Waals surface area contributed by atoms with Crippen molar-refractivity contribution in [3.63, 3.8) is 0 Å². The molecule has 0 spiro atoms. The van der Waals surface area contributed by atoms with Crippen LogP contribution in [0.25, 0.3) is 0 Å². The number of hydrogen-bond donors (Lipinski definition) is 2. The van der Waals surface area contributed by atoms with Crippen molar-refractivity contribution in [1.82, 2.24) is 0 Å². The van der Waals surface area contributed by atoms with Crippen molar-refractivity contribution in [2.24, 2.45) is 0 Å². The van der Waals surface area contributed by atoms with E-state index in [0.717, 1.165) is 6.26 Å². The van der Waals surface area contributed by atoms with E-state index in [1.54, 1.807) is 0 Å². The molecule has 3 N–H and O–H groups in total. The van der Waals surface area contributed by atoms with Crippen LogP contribution in [0.3, 0.4) is 0 Å². The molecule has 0 radical (unpaired) electrons. The molecule has 94 valence electrons. The van der Waals surface area contributed by atoms with Crippen LogP contribution in [0.2, 0.25) is 5.02 Å². The van der Waals surface area contributed by atoms with Crippen molar-refractivity contribution >= 4 is 33.1 Å². The summed E-state index contributed by atoms with van der Waals surface area (Å²) < 4.78 is 22.6. The predicted octanol–water partition coefficient (Wildman–Crippen LogP) is 1.34. The van der Waals surface area contributed by atoms with E-state index in [1.807, 2.05) is 0 Å². The molecule has 7 heteroatoms. The van der Waals surface area contributed by atoms with Crippen molar-refractivity contribution in [2.75, 3.05) is 12.0 Å². The van der Waals surface area contributed by atoms with Crippen LogP contribution in [0, 0.1) is 0 Å². The monoisotopic (exact) mass is 277 g/mol. The van der Waals surface area contributed by atoms with Gasteiger partial charge in [-0.15, -0.1) is 0 Å². The molecule has 0 atom stereocenters. The first-order valence-corrected chi connectivity index (χ1v) is 6.98. The lowest BCUT2D eigenvalue weighted by Gasteiger charge is -2.09. The maximum atomic E-state index is 11.3. The van der Waals surface area contributed by atoms with Crippen LogP contribution in [-0.2, 0) is 21.1 Å². The molecule has 0 fully saturated rings. The SMILES string of the molecule is CS(=O)(=O)c1cc(N)c(CCC(=O)O)c(Cl)c1. The number of hydrogen-bond acceptors (Lipinski definition) is 4. The van der Waals surface area contributed by atoms with Crippen LogP contribution in [0.5, 0.6) is 0 Å². The Hall–Kier alpha value is -1.27. The molecule has 1 rings (SSSR count). The summed E-state index contributed by atoms with van der Waals surface area (Å²) in [6.45, 7) is 0. The maximum absolute atomic E-state index is 11.3. The zero-order valence-electron chi connectivity index (χ0n) is 9.10. The van der Waals surface area contributed by atoms with E-state index in [0.29, 0.717) is 5.56 Å². The van der Waals surface area contributed by atoms with Crippen molar-refractivity contribution in [1.29, 1.82) is 0 Å². The van der Waals surface area contributed by atoms with Gasteiger partial charge in [-0.1, -0.05) is 11.6 Å². The summed E-state index contributed by atoms with van der Waals surface area (Å²) >= 11 is 5.89. The Morgan fingerprint density at radius 1 is 1.47 bits per heavy atom. The number of nitrogens with two attached hydrogens (primary N) is 1. The molecular formula is C10H12ClNO4S. The van der Waals surface area contributed by atoms with Gasteiger partial charge in [0.2, 0.25) is 0 Å². The van der Waals surface area contributed by atoms with Gasteiger partial charge in [-0.3, -0.25) is 4.79 Å². The summed E-state index contributed by atoms with van der Waals surface area (Å²) in [6.07, 6.45) is 1.11. The van der Waals surface area contributed by atoms with Gasteiger partial charge in [-0.25, -0.2) is 8.42 Å². The molecule has 0 bridgehead atoms. The summed E-state index contributed by atoms with van der Waals surface area (Å²) in [5.74, 6) is -0.965. The molecule has 0 unspecified atom stereocenters. The normalized spacial score (nSPS) is 11.4. The van der Waals surface area contributed by atoms with E-state index in [-0.39, 0.29) is 28.4 Å². The van der Waals surface area contributed by atoms with Crippen molar-refractivity contribution in [2.45, 2.75) is 17.7 Å². The average Bonchev–Trinajstić information content (AvgIpc) is 2.14.